The van der Waals surface area contributed by atoms with Gasteiger partial charge in [-0.15, -0.1) is 11.7 Å². The molecule has 1 N–H and O–H groups in total. The van der Waals surface area contributed by atoms with E-state index in [9.17, 15) is 0 Å². The summed E-state index contributed by atoms with van der Waals surface area (Å²) in [5.74, 6) is 2.24. The number of rotatable bonds is 7. The highest BCUT2D eigenvalue weighted by Crippen LogP contribution is 2.35. The van der Waals surface area contributed by atoms with Crippen molar-refractivity contribution in [1.29, 1.82) is 0 Å². The third-order valence-electron chi connectivity index (χ3n) is 4.83. The molecule has 2 atom stereocenters. The first-order valence-electron chi connectivity index (χ1n) is 9.68. The summed E-state index contributed by atoms with van der Waals surface area (Å²) < 4.78 is 16.6. The van der Waals surface area contributed by atoms with Gasteiger partial charge in [0.05, 0.1) is 7.05 Å². The summed E-state index contributed by atoms with van der Waals surface area (Å²) in [5, 5.41) is 4.81. The molecule has 7 heteroatoms. The topological polar surface area (TPSA) is 45.6 Å². The Hall–Kier alpha value is -2.90. The Morgan fingerprint density at radius 2 is 1.90 bits per heavy atom. The van der Waals surface area contributed by atoms with Crippen LogP contribution >= 0.6 is 12.2 Å². The minimum Gasteiger partial charge on any atom is -0.485 e. The SMILES string of the molecule is C=CCn1c([C@H]2COc3ccccc3O2)nn(C[NH+](C)Cc2ccccc2)c1=S. The van der Waals surface area contributed by atoms with Gasteiger partial charge in [-0.25, -0.2) is 0 Å². The molecule has 0 radical (unpaired) electrons. The molecular formula is C22H25N4O2S+. The fourth-order valence-electron chi connectivity index (χ4n) is 3.50. The Labute approximate surface area is 175 Å². The van der Waals surface area contributed by atoms with Crippen LogP contribution in [0.5, 0.6) is 11.5 Å². The van der Waals surface area contributed by atoms with Crippen molar-refractivity contribution in [3.8, 4) is 11.5 Å². The van der Waals surface area contributed by atoms with E-state index in [4.69, 9.17) is 26.8 Å². The molecule has 0 aliphatic carbocycles. The summed E-state index contributed by atoms with van der Waals surface area (Å²) in [6.07, 6.45) is 1.51. The van der Waals surface area contributed by atoms with Gasteiger partial charge >= 0.3 is 0 Å². The number of fused-ring (bicyclic) bond motifs is 1. The van der Waals surface area contributed by atoms with Crippen molar-refractivity contribution in [3.63, 3.8) is 0 Å². The maximum atomic E-state index is 6.16. The maximum Gasteiger partial charge on any atom is 0.203 e. The molecule has 1 aromatic heterocycles. The summed E-state index contributed by atoms with van der Waals surface area (Å²) in [5.41, 5.74) is 1.28. The fraction of sp³-hybridized carbons (Fsp3) is 0.273. The second kappa shape index (κ2) is 8.63. The summed E-state index contributed by atoms with van der Waals surface area (Å²) in [6.45, 7) is 6.39. The lowest BCUT2D eigenvalue weighted by molar-refractivity contribution is -0.917. The zero-order valence-corrected chi connectivity index (χ0v) is 17.3. The highest BCUT2D eigenvalue weighted by atomic mass is 32.1. The largest absolute Gasteiger partial charge is 0.485 e. The van der Waals surface area contributed by atoms with Gasteiger partial charge in [0, 0.05) is 12.1 Å². The van der Waals surface area contributed by atoms with Crippen molar-refractivity contribution < 1.29 is 14.4 Å². The van der Waals surface area contributed by atoms with Gasteiger partial charge in [0.25, 0.3) is 0 Å². The lowest BCUT2D eigenvalue weighted by atomic mass is 10.2. The molecule has 29 heavy (non-hydrogen) atoms. The Morgan fingerprint density at radius 1 is 1.17 bits per heavy atom. The van der Waals surface area contributed by atoms with E-state index in [0.29, 0.717) is 24.6 Å². The van der Waals surface area contributed by atoms with E-state index in [1.807, 2.05) is 45.7 Å². The Balaban J connectivity index is 1.57. The lowest BCUT2D eigenvalue weighted by Gasteiger charge is -2.25. The van der Waals surface area contributed by atoms with E-state index < -0.39 is 0 Å². The van der Waals surface area contributed by atoms with Gasteiger partial charge in [0.2, 0.25) is 4.77 Å². The monoisotopic (exact) mass is 409 g/mol. The third-order valence-corrected chi connectivity index (χ3v) is 5.26. The summed E-state index contributed by atoms with van der Waals surface area (Å²) in [7, 11) is 2.14. The molecule has 0 fully saturated rings. The average Bonchev–Trinajstić information content (AvgIpc) is 3.04. The fourth-order valence-corrected chi connectivity index (χ4v) is 3.78. The highest BCUT2D eigenvalue weighted by molar-refractivity contribution is 7.71. The molecular weight excluding hydrogens is 384 g/mol. The number of quaternary nitrogens is 1. The molecule has 0 saturated heterocycles. The predicted molar refractivity (Wildman–Crippen MR) is 114 cm³/mol. The molecule has 1 unspecified atom stereocenters. The van der Waals surface area contributed by atoms with Gasteiger partial charge in [-0.1, -0.05) is 48.5 Å². The highest BCUT2D eigenvalue weighted by Gasteiger charge is 2.28. The molecule has 2 heterocycles. The van der Waals surface area contributed by atoms with Gasteiger partial charge in [-0.3, -0.25) is 4.57 Å². The van der Waals surface area contributed by atoms with Gasteiger partial charge < -0.3 is 14.4 Å². The van der Waals surface area contributed by atoms with Crippen LogP contribution in [0.25, 0.3) is 0 Å². The Morgan fingerprint density at radius 3 is 2.66 bits per heavy atom. The van der Waals surface area contributed by atoms with Crippen molar-refractivity contribution in [3.05, 3.63) is 83.4 Å². The van der Waals surface area contributed by atoms with Crippen molar-refractivity contribution in [2.24, 2.45) is 0 Å². The lowest BCUT2D eigenvalue weighted by Crippen LogP contribution is -3.07. The zero-order chi connectivity index (χ0) is 20.2. The van der Waals surface area contributed by atoms with E-state index >= 15 is 0 Å². The number of nitrogens with zero attached hydrogens (tertiary/aromatic N) is 3. The number of aromatic nitrogens is 3. The van der Waals surface area contributed by atoms with Gasteiger partial charge in [-0.05, 0) is 24.4 Å². The number of nitrogens with one attached hydrogen (secondary N) is 1. The number of hydrogen-bond acceptors (Lipinski definition) is 4. The average molecular weight is 410 g/mol. The molecule has 150 valence electrons. The van der Waals surface area contributed by atoms with Crippen LogP contribution in [-0.4, -0.2) is 28.0 Å². The van der Waals surface area contributed by atoms with Crippen molar-refractivity contribution >= 4 is 12.2 Å². The van der Waals surface area contributed by atoms with Crippen molar-refractivity contribution in [2.45, 2.75) is 25.9 Å². The van der Waals surface area contributed by atoms with Crippen molar-refractivity contribution in [2.75, 3.05) is 13.7 Å². The van der Waals surface area contributed by atoms with Gasteiger partial charge in [-0.2, -0.15) is 4.68 Å². The van der Waals surface area contributed by atoms with E-state index in [1.165, 1.54) is 10.5 Å². The minimum atomic E-state index is -0.317. The summed E-state index contributed by atoms with van der Waals surface area (Å²) >= 11 is 5.71. The molecule has 4 rings (SSSR count). The zero-order valence-electron chi connectivity index (χ0n) is 16.5. The Bertz CT molecular complexity index is 1040. The van der Waals surface area contributed by atoms with Crippen LogP contribution in [0.3, 0.4) is 0 Å². The molecule has 1 aliphatic rings. The first-order chi connectivity index (χ1) is 14.2. The van der Waals surface area contributed by atoms with E-state index in [-0.39, 0.29) is 6.10 Å². The van der Waals surface area contributed by atoms with Gasteiger partial charge in [0.1, 0.15) is 13.2 Å². The number of para-hydroxylation sites is 2. The van der Waals surface area contributed by atoms with Crippen LogP contribution in [-0.2, 0) is 19.8 Å². The van der Waals surface area contributed by atoms with Crippen LogP contribution in [0.2, 0.25) is 0 Å². The Kier molecular flexibility index (Phi) is 5.78. The third kappa shape index (κ3) is 4.26. The second-order valence-electron chi connectivity index (χ2n) is 7.18. The van der Waals surface area contributed by atoms with E-state index in [1.54, 1.807) is 0 Å². The summed E-state index contributed by atoms with van der Waals surface area (Å²) in [4.78, 5) is 1.29. The molecule has 0 bridgehead atoms. The van der Waals surface area contributed by atoms with Crippen molar-refractivity contribution in [1.82, 2.24) is 14.3 Å². The van der Waals surface area contributed by atoms with E-state index in [0.717, 1.165) is 23.9 Å². The first kappa shape index (κ1) is 19.4. The number of ether oxygens (including phenoxy) is 2. The molecule has 0 saturated carbocycles. The van der Waals surface area contributed by atoms with Crippen LogP contribution < -0.4 is 14.4 Å². The molecule has 0 amide bonds. The summed E-state index contributed by atoms with van der Waals surface area (Å²) in [6, 6.07) is 18.1. The predicted octanol–water partition coefficient (Wildman–Crippen LogP) is 2.78. The van der Waals surface area contributed by atoms with Crippen LogP contribution in [0, 0.1) is 4.77 Å². The quantitative estimate of drug-likeness (QED) is 0.482. The molecule has 1 aliphatic heterocycles. The second-order valence-corrected chi connectivity index (χ2v) is 7.55. The standard InChI is InChI=1S/C22H24N4O2S/c1-3-13-25-21(20-15-27-18-11-7-8-12-19(18)28-20)23-26(22(25)29)16-24(2)14-17-9-5-4-6-10-17/h3-12,20H,1,13-16H2,2H3/p+1/t20-/m1/s1. The minimum absolute atomic E-state index is 0.317. The van der Waals surface area contributed by atoms with Crippen LogP contribution in [0.15, 0.2) is 67.3 Å². The van der Waals surface area contributed by atoms with E-state index in [2.05, 4.69) is 37.9 Å². The number of allylic oxidation sites excluding steroid dienone is 1. The molecule has 2 aromatic carbocycles. The normalized spacial score (nSPS) is 16.4. The number of benzene rings is 2. The molecule has 6 nitrogen and oxygen atoms in total. The smallest absolute Gasteiger partial charge is 0.203 e. The van der Waals surface area contributed by atoms with Crippen LogP contribution in [0.1, 0.15) is 17.5 Å². The molecule has 3 aromatic rings. The first-order valence-corrected chi connectivity index (χ1v) is 10.1. The number of hydrogen-bond donors (Lipinski definition) is 1. The van der Waals surface area contributed by atoms with Crippen LogP contribution in [0.4, 0.5) is 0 Å². The molecule has 0 spiro atoms. The maximum absolute atomic E-state index is 6.16. The van der Waals surface area contributed by atoms with Gasteiger partial charge in [0.15, 0.2) is 30.1 Å².